The van der Waals surface area contributed by atoms with Crippen LogP contribution >= 0.6 is 0 Å². The van der Waals surface area contributed by atoms with Crippen molar-refractivity contribution in [1.29, 1.82) is 0 Å². The Morgan fingerprint density at radius 2 is 1.78 bits per heavy atom. The minimum absolute atomic E-state index is 0.137. The van der Waals surface area contributed by atoms with Gasteiger partial charge >= 0.3 is 6.09 Å². The van der Waals surface area contributed by atoms with Crippen molar-refractivity contribution in [2.45, 2.75) is 109 Å². The summed E-state index contributed by atoms with van der Waals surface area (Å²) in [6.45, 7) is 8.93. The first-order chi connectivity index (χ1) is 10.8. The van der Waals surface area contributed by atoms with Crippen LogP contribution in [-0.4, -0.2) is 41.3 Å². The third-order valence-corrected chi connectivity index (χ3v) is 5.01. The maximum absolute atomic E-state index is 12.4. The summed E-state index contributed by atoms with van der Waals surface area (Å²) < 4.78 is 5.57. The van der Waals surface area contributed by atoms with E-state index in [1.54, 1.807) is 0 Å². The summed E-state index contributed by atoms with van der Waals surface area (Å²) in [6, 6.07) is 1.47. The van der Waals surface area contributed by atoms with Crippen LogP contribution in [0.3, 0.4) is 0 Å². The summed E-state index contributed by atoms with van der Waals surface area (Å²) in [4.78, 5) is 14.3. The second kappa shape index (κ2) is 8.36. The molecule has 4 nitrogen and oxygen atoms in total. The van der Waals surface area contributed by atoms with E-state index in [-0.39, 0.29) is 6.09 Å². The van der Waals surface area contributed by atoms with Crippen LogP contribution < -0.4 is 5.32 Å². The van der Waals surface area contributed by atoms with Crippen molar-refractivity contribution < 1.29 is 9.53 Å². The molecule has 4 heteroatoms. The molecule has 1 saturated carbocycles. The molecule has 1 aliphatic carbocycles. The highest BCUT2D eigenvalue weighted by atomic mass is 16.6. The summed E-state index contributed by atoms with van der Waals surface area (Å²) in [5.41, 5.74) is -0.408. The normalized spacial score (nSPS) is 25.2. The van der Waals surface area contributed by atoms with Gasteiger partial charge in [-0.3, -0.25) is 0 Å². The van der Waals surface area contributed by atoms with Gasteiger partial charge in [-0.2, -0.15) is 0 Å². The molecule has 2 unspecified atom stereocenters. The van der Waals surface area contributed by atoms with Crippen LogP contribution in [-0.2, 0) is 4.74 Å². The van der Waals surface area contributed by atoms with E-state index in [9.17, 15) is 4.79 Å². The molecule has 0 aromatic rings. The van der Waals surface area contributed by atoms with Crippen LogP contribution in [0.1, 0.15) is 85.5 Å². The predicted octanol–water partition coefficient (Wildman–Crippen LogP) is 4.48. The molecule has 1 N–H and O–H groups in total. The number of ether oxygens (including phenoxy) is 1. The quantitative estimate of drug-likeness (QED) is 0.775. The number of hydrogen-bond donors (Lipinski definition) is 1. The summed E-state index contributed by atoms with van der Waals surface area (Å²) in [7, 11) is 0. The lowest BCUT2D eigenvalue weighted by Gasteiger charge is -2.31. The van der Waals surface area contributed by atoms with Crippen molar-refractivity contribution in [1.82, 2.24) is 10.2 Å². The Hall–Kier alpha value is -0.770. The van der Waals surface area contributed by atoms with Crippen LogP contribution in [0.2, 0.25) is 0 Å². The van der Waals surface area contributed by atoms with Crippen molar-refractivity contribution >= 4 is 6.09 Å². The van der Waals surface area contributed by atoms with Crippen LogP contribution in [0.25, 0.3) is 0 Å². The first kappa shape index (κ1) is 18.6. The summed E-state index contributed by atoms with van der Waals surface area (Å²) in [6.07, 6.45) is 11.2. The molecule has 0 bridgehead atoms. The fourth-order valence-corrected chi connectivity index (χ4v) is 3.97. The number of nitrogens with zero attached hydrogens (tertiary/aromatic N) is 1. The number of likely N-dealkylation sites (tertiary alicyclic amines) is 1. The Morgan fingerprint density at radius 3 is 2.39 bits per heavy atom. The Morgan fingerprint density at radius 1 is 1.13 bits per heavy atom. The largest absolute Gasteiger partial charge is 0.444 e. The molecular formula is C19H36N2O2. The van der Waals surface area contributed by atoms with Gasteiger partial charge in [0.05, 0.1) is 0 Å². The molecule has 23 heavy (non-hydrogen) atoms. The average molecular weight is 325 g/mol. The fourth-order valence-electron chi connectivity index (χ4n) is 3.97. The highest BCUT2D eigenvalue weighted by molar-refractivity contribution is 5.68. The first-order valence-electron chi connectivity index (χ1n) is 9.61. The number of nitrogens with one attached hydrogen (secondary N) is 1. The Kier molecular flexibility index (Phi) is 6.75. The zero-order chi connectivity index (χ0) is 16.9. The maximum atomic E-state index is 12.4. The van der Waals surface area contributed by atoms with Crippen LogP contribution in [0.5, 0.6) is 0 Å². The summed E-state index contributed by atoms with van der Waals surface area (Å²) >= 11 is 0. The molecule has 134 valence electrons. The molecule has 2 rings (SSSR count). The van der Waals surface area contributed by atoms with E-state index in [4.69, 9.17) is 4.74 Å². The molecule has 2 aliphatic rings. The van der Waals surface area contributed by atoms with Crippen molar-refractivity contribution in [3.05, 3.63) is 0 Å². The third kappa shape index (κ3) is 6.33. The van der Waals surface area contributed by atoms with E-state index in [0.29, 0.717) is 18.1 Å². The average Bonchev–Trinajstić information content (AvgIpc) is 2.73. The summed E-state index contributed by atoms with van der Waals surface area (Å²) in [5.74, 6) is 0. The molecule has 0 aromatic heterocycles. The van der Waals surface area contributed by atoms with Gasteiger partial charge in [0.15, 0.2) is 0 Å². The molecule has 2 fully saturated rings. The molecule has 1 aliphatic heterocycles. The SMILES string of the molecule is CC(CC1CCCN1C(=O)OC(C)(C)C)NC1CCCCCC1. The lowest BCUT2D eigenvalue weighted by molar-refractivity contribution is 0.0214. The van der Waals surface area contributed by atoms with E-state index >= 15 is 0 Å². The van der Waals surface area contributed by atoms with E-state index in [1.807, 2.05) is 25.7 Å². The molecule has 0 radical (unpaired) electrons. The smallest absolute Gasteiger partial charge is 0.410 e. The highest BCUT2D eigenvalue weighted by Crippen LogP contribution is 2.25. The predicted molar refractivity (Wildman–Crippen MR) is 94.7 cm³/mol. The number of hydrogen-bond acceptors (Lipinski definition) is 3. The fraction of sp³-hybridized carbons (Fsp3) is 0.947. The zero-order valence-electron chi connectivity index (χ0n) is 15.6. The van der Waals surface area contributed by atoms with Crippen molar-refractivity contribution in [3.8, 4) is 0 Å². The van der Waals surface area contributed by atoms with Gasteiger partial charge in [0.2, 0.25) is 0 Å². The monoisotopic (exact) mass is 324 g/mol. The van der Waals surface area contributed by atoms with E-state index < -0.39 is 5.60 Å². The number of carbonyl (C=O) groups is 1. The van der Waals surface area contributed by atoms with Gasteiger partial charge in [-0.25, -0.2) is 4.79 Å². The van der Waals surface area contributed by atoms with Crippen LogP contribution in [0.4, 0.5) is 4.79 Å². The minimum Gasteiger partial charge on any atom is -0.444 e. The first-order valence-corrected chi connectivity index (χ1v) is 9.61. The van der Waals surface area contributed by atoms with Gasteiger partial charge in [0, 0.05) is 24.7 Å². The maximum Gasteiger partial charge on any atom is 0.410 e. The van der Waals surface area contributed by atoms with E-state index in [1.165, 1.54) is 38.5 Å². The number of amides is 1. The van der Waals surface area contributed by atoms with Crippen molar-refractivity contribution in [2.24, 2.45) is 0 Å². The van der Waals surface area contributed by atoms with Crippen molar-refractivity contribution in [3.63, 3.8) is 0 Å². The topological polar surface area (TPSA) is 41.6 Å². The number of rotatable bonds is 4. The Balaban J connectivity index is 1.81. The van der Waals surface area contributed by atoms with Gasteiger partial charge in [0.25, 0.3) is 0 Å². The minimum atomic E-state index is -0.408. The molecule has 1 amide bonds. The molecule has 0 spiro atoms. The second-order valence-corrected chi connectivity index (χ2v) is 8.46. The standard InChI is InChI=1S/C19H36N2O2/c1-15(20-16-10-7-5-6-8-11-16)14-17-12-9-13-21(17)18(22)23-19(2,3)4/h15-17,20H,5-14H2,1-4H3. The third-order valence-electron chi connectivity index (χ3n) is 5.01. The molecule has 1 saturated heterocycles. The number of carbonyl (C=O) groups excluding carboxylic acids is 1. The van der Waals surface area contributed by atoms with E-state index in [2.05, 4.69) is 12.2 Å². The lowest BCUT2D eigenvalue weighted by Crippen LogP contribution is -2.44. The Bertz CT molecular complexity index is 370. The van der Waals surface area contributed by atoms with Gasteiger partial charge in [-0.05, 0) is 59.8 Å². The summed E-state index contributed by atoms with van der Waals surface area (Å²) in [5, 5.41) is 3.81. The molecule has 2 atom stereocenters. The van der Waals surface area contributed by atoms with Gasteiger partial charge in [-0.1, -0.05) is 25.7 Å². The highest BCUT2D eigenvalue weighted by Gasteiger charge is 2.33. The second-order valence-electron chi connectivity index (χ2n) is 8.46. The Labute approximate surface area is 142 Å². The van der Waals surface area contributed by atoms with Gasteiger partial charge in [0.1, 0.15) is 5.60 Å². The van der Waals surface area contributed by atoms with Crippen LogP contribution in [0, 0.1) is 0 Å². The molecule has 0 aromatic carbocycles. The van der Waals surface area contributed by atoms with Crippen LogP contribution in [0.15, 0.2) is 0 Å². The van der Waals surface area contributed by atoms with Gasteiger partial charge < -0.3 is 15.0 Å². The molecular weight excluding hydrogens is 288 g/mol. The van der Waals surface area contributed by atoms with E-state index in [0.717, 1.165) is 25.8 Å². The zero-order valence-corrected chi connectivity index (χ0v) is 15.6. The lowest BCUT2D eigenvalue weighted by atomic mass is 10.0. The molecule has 1 heterocycles. The van der Waals surface area contributed by atoms with Crippen molar-refractivity contribution in [2.75, 3.05) is 6.54 Å². The van der Waals surface area contributed by atoms with Gasteiger partial charge in [-0.15, -0.1) is 0 Å².